The van der Waals surface area contributed by atoms with Crippen molar-refractivity contribution in [2.75, 3.05) is 12.0 Å². The number of nitrogens with one attached hydrogen (secondary N) is 1. The van der Waals surface area contributed by atoms with Crippen molar-refractivity contribution in [1.29, 1.82) is 0 Å². The first kappa shape index (κ1) is 11.5. The maximum atomic E-state index is 11.8. The summed E-state index contributed by atoms with van der Waals surface area (Å²) in [5.74, 6) is 0.461. The van der Waals surface area contributed by atoms with Gasteiger partial charge in [-0.1, -0.05) is 26.0 Å². The highest BCUT2D eigenvalue weighted by atomic mass is 16.3. The summed E-state index contributed by atoms with van der Waals surface area (Å²) in [6.07, 6.45) is 0. The van der Waals surface area contributed by atoms with Gasteiger partial charge in [-0.25, -0.2) is 4.68 Å². The number of hydrogen-bond donors (Lipinski definition) is 2. The fourth-order valence-electron chi connectivity index (χ4n) is 1.70. The third kappa shape index (κ3) is 2.25. The highest BCUT2D eigenvalue weighted by Gasteiger charge is 2.07. The molecule has 1 heterocycles. The van der Waals surface area contributed by atoms with E-state index in [0.717, 1.165) is 0 Å². The van der Waals surface area contributed by atoms with Gasteiger partial charge in [0.15, 0.2) is 0 Å². The molecule has 0 aliphatic heterocycles. The molecule has 0 saturated heterocycles. The van der Waals surface area contributed by atoms with E-state index < -0.39 is 0 Å². The molecule has 1 aromatic carbocycles. The number of aromatic nitrogens is 1. The lowest BCUT2D eigenvalue weighted by molar-refractivity contribution is 0.479. The molecule has 0 unspecified atom stereocenters. The molecule has 17 heavy (non-hydrogen) atoms. The summed E-state index contributed by atoms with van der Waals surface area (Å²) in [6, 6.07) is 8.51. The van der Waals surface area contributed by atoms with Gasteiger partial charge in [0.05, 0.1) is 5.52 Å². The van der Waals surface area contributed by atoms with Gasteiger partial charge in [0.1, 0.15) is 5.75 Å². The zero-order chi connectivity index (χ0) is 12.4. The van der Waals surface area contributed by atoms with E-state index in [0.29, 0.717) is 23.4 Å². The van der Waals surface area contributed by atoms with Crippen molar-refractivity contribution < 1.29 is 5.11 Å². The van der Waals surface area contributed by atoms with E-state index >= 15 is 0 Å². The average molecular weight is 232 g/mol. The van der Waals surface area contributed by atoms with Gasteiger partial charge in [0.25, 0.3) is 5.56 Å². The molecule has 0 aliphatic carbocycles. The van der Waals surface area contributed by atoms with E-state index in [4.69, 9.17) is 0 Å². The minimum Gasteiger partial charge on any atom is -0.507 e. The van der Waals surface area contributed by atoms with E-state index in [-0.39, 0.29) is 11.3 Å². The van der Waals surface area contributed by atoms with Crippen molar-refractivity contribution in [2.45, 2.75) is 13.8 Å². The Hall–Kier alpha value is -1.97. The molecular formula is C13H16N2O2. The summed E-state index contributed by atoms with van der Waals surface area (Å²) in [4.78, 5) is 11.8. The molecule has 4 nitrogen and oxygen atoms in total. The van der Waals surface area contributed by atoms with Crippen molar-refractivity contribution in [3.8, 4) is 5.75 Å². The van der Waals surface area contributed by atoms with Crippen LogP contribution in [0.5, 0.6) is 5.75 Å². The normalized spacial score (nSPS) is 11.0. The van der Waals surface area contributed by atoms with Gasteiger partial charge in [0.2, 0.25) is 0 Å². The van der Waals surface area contributed by atoms with Gasteiger partial charge in [-0.2, -0.15) is 0 Å². The molecule has 4 heteroatoms. The number of para-hydroxylation sites is 1. The number of nitrogens with zero attached hydrogens (tertiary/aromatic N) is 1. The van der Waals surface area contributed by atoms with Gasteiger partial charge in [0, 0.05) is 18.0 Å². The second-order valence-corrected chi connectivity index (χ2v) is 4.48. The first-order valence-corrected chi connectivity index (χ1v) is 5.67. The lowest BCUT2D eigenvalue weighted by Gasteiger charge is -2.14. The van der Waals surface area contributed by atoms with Crippen LogP contribution in [0.4, 0.5) is 0 Å². The number of fused-ring (bicyclic) bond motifs is 1. The molecule has 0 aliphatic rings. The van der Waals surface area contributed by atoms with Crippen molar-refractivity contribution in [3.05, 3.63) is 40.7 Å². The summed E-state index contributed by atoms with van der Waals surface area (Å²) in [5, 5.41) is 10.4. The fraction of sp³-hybridized carbons (Fsp3) is 0.308. The van der Waals surface area contributed by atoms with E-state index in [2.05, 4.69) is 19.3 Å². The number of aromatic hydroxyl groups is 1. The molecule has 2 N–H and O–H groups in total. The van der Waals surface area contributed by atoms with Crippen LogP contribution in [0.2, 0.25) is 0 Å². The van der Waals surface area contributed by atoms with Crippen LogP contribution in [0.15, 0.2) is 35.1 Å². The summed E-state index contributed by atoms with van der Waals surface area (Å²) >= 11 is 0. The Balaban J connectivity index is 2.57. The summed E-state index contributed by atoms with van der Waals surface area (Å²) < 4.78 is 1.48. The molecular weight excluding hydrogens is 216 g/mol. The predicted molar refractivity (Wildman–Crippen MR) is 68.9 cm³/mol. The zero-order valence-corrected chi connectivity index (χ0v) is 9.97. The van der Waals surface area contributed by atoms with E-state index in [1.54, 1.807) is 6.07 Å². The molecule has 0 bridgehead atoms. The van der Waals surface area contributed by atoms with Crippen LogP contribution in [0.1, 0.15) is 13.8 Å². The van der Waals surface area contributed by atoms with E-state index in [1.165, 1.54) is 10.7 Å². The molecule has 0 fully saturated rings. The Kier molecular flexibility index (Phi) is 3.04. The molecule has 1 aromatic heterocycles. The van der Waals surface area contributed by atoms with Crippen molar-refractivity contribution >= 4 is 10.9 Å². The standard InChI is InChI=1S/C13H16N2O2/c1-9(2)8-14-15-11-6-4-3-5-10(11)12(16)7-13(15)17/h3-7,9,14,16H,8H2,1-2H3. The maximum absolute atomic E-state index is 11.8. The van der Waals surface area contributed by atoms with Gasteiger partial charge in [-0.15, -0.1) is 0 Å². The minimum absolute atomic E-state index is 0.0215. The largest absolute Gasteiger partial charge is 0.507 e. The molecule has 0 radical (unpaired) electrons. The fourth-order valence-corrected chi connectivity index (χ4v) is 1.70. The summed E-state index contributed by atoms with van der Waals surface area (Å²) in [7, 11) is 0. The number of benzene rings is 1. The highest BCUT2D eigenvalue weighted by Crippen LogP contribution is 2.20. The van der Waals surface area contributed by atoms with Gasteiger partial charge >= 0.3 is 0 Å². The summed E-state index contributed by atoms with van der Waals surface area (Å²) in [6.45, 7) is 4.84. The van der Waals surface area contributed by atoms with Crippen LogP contribution < -0.4 is 11.0 Å². The Morgan fingerprint density at radius 2 is 2.06 bits per heavy atom. The smallest absolute Gasteiger partial charge is 0.273 e. The molecule has 2 rings (SSSR count). The second-order valence-electron chi connectivity index (χ2n) is 4.48. The Bertz CT molecular complexity index is 587. The lowest BCUT2D eigenvalue weighted by atomic mass is 10.2. The van der Waals surface area contributed by atoms with Crippen molar-refractivity contribution in [1.82, 2.24) is 4.68 Å². The Morgan fingerprint density at radius 1 is 1.35 bits per heavy atom. The molecule has 0 spiro atoms. The third-order valence-electron chi connectivity index (χ3n) is 2.56. The van der Waals surface area contributed by atoms with Gasteiger partial charge in [-0.05, 0) is 18.1 Å². The average Bonchev–Trinajstić information content (AvgIpc) is 2.28. The van der Waals surface area contributed by atoms with Crippen LogP contribution in [-0.4, -0.2) is 16.3 Å². The quantitative estimate of drug-likeness (QED) is 0.850. The molecule has 90 valence electrons. The van der Waals surface area contributed by atoms with Crippen LogP contribution in [0.3, 0.4) is 0 Å². The SMILES string of the molecule is CC(C)CNn1c(=O)cc(O)c2ccccc21. The molecule has 2 aromatic rings. The van der Waals surface area contributed by atoms with Gasteiger partial charge < -0.3 is 10.5 Å². The Labute approximate surface area is 99.5 Å². The predicted octanol–water partition coefficient (Wildman–Crippen LogP) is 1.91. The van der Waals surface area contributed by atoms with Crippen molar-refractivity contribution in [2.24, 2.45) is 5.92 Å². The first-order valence-electron chi connectivity index (χ1n) is 5.67. The molecule has 0 saturated carbocycles. The van der Waals surface area contributed by atoms with E-state index in [9.17, 15) is 9.90 Å². The number of hydrogen-bond acceptors (Lipinski definition) is 3. The van der Waals surface area contributed by atoms with Gasteiger partial charge in [-0.3, -0.25) is 4.79 Å². The summed E-state index contributed by atoms with van der Waals surface area (Å²) in [5.41, 5.74) is 3.52. The van der Waals surface area contributed by atoms with E-state index in [1.807, 2.05) is 18.2 Å². The van der Waals surface area contributed by atoms with Crippen LogP contribution in [0, 0.1) is 5.92 Å². The monoisotopic (exact) mass is 232 g/mol. The molecule has 0 atom stereocenters. The van der Waals surface area contributed by atoms with Crippen LogP contribution >= 0.6 is 0 Å². The van der Waals surface area contributed by atoms with Crippen LogP contribution in [-0.2, 0) is 0 Å². The zero-order valence-electron chi connectivity index (χ0n) is 9.97. The topological polar surface area (TPSA) is 54.3 Å². The van der Waals surface area contributed by atoms with Crippen molar-refractivity contribution in [3.63, 3.8) is 0 Å². The van der Waals surface area contributed by atoms with Crippen LogP contribution in [0.25, 0.3) is 10.9 Å². The first-order chi connectivity index (χ1) is 8.09. The minimum atomic E-state index is -0.248. The number of rotatable bonds is 3. The third-order valence-corrected chi connectivity index (χ3v) is 2.56. The maximum Gasteiger partial charge on any atom is 0.273 e. The lowest BCUT2D eigenvalue weighted by Crippen LogP contribution is -2.30. The number of pyridine rings is 1. The Morgan fingerprint density at radius 3 is 2.76 bits per heavy atom. The second kappa shape index (κ2) is 4.49. The highest BCUT2D eigenvalue weighted by molar-refractivity contribution is 5.85. The molecule has 0 amide bonds.